The Labute approximate surface area is 97.7 Å². The summed E-state index contributed by atoms with van der Waals surface area (Å²) in [5.41, 5.74) is 3.08. The predicted molar refractivity (Wildman–Crippen MR) is 58.1 cm³/mol. The summed E-state index contributed by atoms with van der Waals surface area (Å²) in [5, 5.41) is 0. The van der Waals surface area contributed by atoms with Crippen LogP contribution in [-0.4, -0.2) is 13.7 Å². The third-order valence-electron chi connectivity index (χ3n) is 2.51. The molecule has 0 spiro atoms. The van der Waals surface area contributed by atoms with Gasteiger partial charge in [0.2, 0.25) is 0 Å². The minimum absolute atomic E-state index is 0.294. The maximum atomic E-state index is 12.5. The van der Waals surface area contributed by atoms with Crippen molar-refractivity contribution in [3.05, 3.63) is 34.9 Å². The minimum atomic E-state index is -4.32. The largest absolute Gasteiger partial charge is 0.416 e. The zero-order valence-corrected chi connectivity index (χ0v) is 9.64. The van der Waals surface area contributed by atoms with Crippen molar-refractivity contribution < 1.29 is 17.9 Å². The van der Waals surface area contributed by atoms with E-state index in [-0.39, 0.29) is 6.04 Å². The van der Waals surface area contributed by atoms with Gasteiger partial charge in [-0.25, -0.2) is 0 Å². The standard InChI is InChI=1S/C11H15F3N2O/c1-7-5-8(11(12,13)14)3-4-9(7)10(16-15)6-17-2/h3-5,10,16H,6,15H2,1-2H3. The van der Waals surface area contributed by atoms with Gasteiger partial charge in [-0.1, -0.05) is 6.07 Å². The molecule has 0 radical (unpaired) electrons. The highest BCUT2D eigenvalue weighted by molar-refractivity contribution is 5.34. The van der Waals surface area contributed by atoms with E-state index >= 15 is 0 Å². The van der Waals surface area contributed by atoms with Crippen LogP contribution in [0.25, 0.3) is 0 Å². The van der Waals surface area contributed by atoms with Gasteiger partial charge in [-0.2, -0.15) is 13.2 Å². The Bertz CT molecular complexity index is 379. The van der Waals surface area contributed by atoms with Crippen LogP contribution in [0.4, 0.5) is 13.2 Å². The zero-order chi connectivity index (χ0) is 13.1. The molecule has 0 aromatic heterocycles. The first-order valence-electron chi connectivity index (χ1n) is 5.03. The van der Waals surface area contributed by atoms with E-state index in [0.29, 0.717) is 17.7 Å². The molecule has 3 N–H and O–H groups in total. The van der Waals surface area contributed by atoms with Crippen molar-refractivity contribution in [1.29, 1.82) is 0 Å². The van der Waals surface area contributed by atoms with Crippen molar-refractivity contribution in [3.8, 4) is 0 Å². The first kappa shape index (κ1) is 14.0. The van der Waals surface area contributed by atoms with Crippen LogP contribution in [0.3, 0.4) is 0 Å². The molecule has 0 aliphatic carbocycles. The molecular formula is C11H15F3N2O. The van der Waals surface area contributed by atoms with E-state index < -0.39 is 11.7 Å². The summed E-state index contributed by atoms with van der Waals surface area (Å²) in [4.78, 5) is 0. The summed E-state index contributed by atoms with van der Waals surface area (Å²) in [5.74, 6) is 5.33. The highest BCUT2D eigenvalue weighted by atomic mass is 19.4. The molecule has 96 valence electrons. The lowest BCUT2D eigenvalue weighted by Crippen LogP contribution is -2.31. The molecule has 1 rings (SSSR count). The van der Waals surface area contributed by atoms with Crippen LogP contribution < -0.4 is 11.3 Å². The molecule has 0 fully saturated rings. The molecule has 17 heavy (non-hydrogen) atoms. The maximum Gasteiger partial charge on any atom is 0.416 e. The molecule has 0 amide bonds. The SMILES string of the molecule is COCC(NN)c1ccc(C(F)(F)F)cc1C. The molecule has 6 heteroatoms. The fourth-order valence-electron chi connectivity index (χ4n) is 1.64. The van der Waals surface area contributed by atoms with Crippen LogP contribution in [0.5, 0.6) is 0 Å². The predicted octanol–water partition coefficient (Wildman–Crippen LogP) is 2.16. The van der Waals surface area contributed by atoms with Crippen molar-refractivity contribution in [2.75, 3.05) is 13.7 Å². The lowest BCUT2D eigenvalue weighted by Gasteiger charge is -2.18. The lowest BCUT2D eigenvalue weighted by atomic mass is 9.99. The molecule has 0 heterocycles. The Balaban J connectivity index is 3.04. The van der Waals surface area contributed by atoms with Gasteiger partial charge in [-0.3, -0.25) is 11.3 Å². The molecule has 0 bridgehead atoms. The van der Waals surface area contributed by atoms with Crippen molar-refractivity contribution in [2.24, 2.45) is 5.84 Å². The third-order valence-corrected chi connectivity index (χ3v) is 2.51. The van der Waals surface area contributed by atoms with Crippen LogP contribution >= 0.6 is 0 Å². The van der Waals surface area contributed by atoms with Gasteiger partial charge in [-0.15, -0.1) is 0 Å². The van der Waals surface area contributed by atoms with Gasteiger partial charge >= 0.3 is 6.18 Å². The smallest absolute Gasteiger partial charge is 0.383 e. The third kappa shape index (κ3) is 3.42. The Hall–Kier alpha value is -1.11. The number of ether oxygens (including phenoxy) is 1. The molecule has 1 aromatic carbocycles. The zero-order valence-electron chi connectivity index (χ0n) is 9.64. The first-order chi connectivity index (χ1) is 7.90. The Morgan fingerprint density at radius 2 is 2.06 bits per heavy atom. The second-order valence-electron chi connectivity index (χ2n) is 3.74. The quantitative estimate of drug-likeness (QED) is 0.634. The summed E-state index contributed by atoms with van der Waals surface area (Å²) in [7, 11) is 1.50. The Morgan fingerprint density at radius 1 is 1.41 bits per heavy atom. The highest BCUT2D eigenvalue weighted by Crippen LogP contribution is 2.31. The minimum Gasteiger partial charge on any atom is -0.383 e. The van der Waals surface area contributed by atoms with E-state index in [9.17, 15) is 13.2 Å². The van der Waals surface area contributed by atoms with Gasteiger partial charge in [0.05, 0.1) is 18.2 Å². The van der Waals surface area contributed by atoms with E-state index in [4.69, 9.17) is 10.6 Å². The fourth-order valence-corrected chi connectivity index (χ4v) is 1.64. The number of alkyl halides is 3. The highest BCUT2D eigenvalue weighted by Gasteiger charge is 2.31. The number of halogens is 3. The number of nitrogens with two attached hydrogens (primary N) is 1. The summed E-state index contributed by atoms with van der Waals surface area (Å²) in [6.45, 7) is 1.91. The van der Waals surface area contributed by atoms with Crippen molar-refractivity contribution in [3.63, 3.8) is 0 Å². The molecule has 0 saturated carbocycles. The van der Waals surface area contributed by atoms with Gasteiger partial charge in [0.25, 0.3) is 0 Å². The number of aryl methyl sites for hydroxylation is 1. The first-order valence-corrected chi connectivity index (χ1v) is 5.03. The van der Waals surface area contributed by atoms with Crippen LogP contribution in [0.15, 0.2) is 18.2 Å². The van der Waals surface area contributed by atoms with E-state index in [1.165, 1.54) is 13.2 Å². The number of hydrogen-bond acceptors (Lipinski definition) is 3. The lowest BCUT2D eigenvalue weighted by molar-refractivity contribution is -0.137. The Morgan fingerprint density at radius 3 is 2.47 bits per heavy atom. The number of rotatable bonds is 4. The average Bonchev–Trinajstić information content (AvgIpc) is 2.25. The number of hydrogen-bond donors (Lipinski definition) is 2. The molecular weight excluding hydrogens is 233 g/mol. The van der Waals surface area contributed by atoms with E-state index in [1.54, 1.807) is 6.92 Å². The molecule has 0 aliphatic heterocycles. The van der Waals surface area contributed by atoms with Crippen molar-refractivity contribution in [1.82, 2.24) is 5.43 Å². The van der Waals surface area contributed by atoms with Crippen LogP contribution in [0.1, 0.15) is 22.7 Å². The molecule has 0 aliphatic rings. The number of benzene rings is 1. The van der Waals surface area contributed by atoms with Gasteiger partial charge in [0, 0.05) is 7.11 Å². The van der Waals surface area contributed by atoms with Gasteiger partial charge in [0.1, 0.15) is 0 Å². The summed E-state index contributed by atoms with van der Waals surface area (Å²) in [6, 6.07) is 3.25. The second-order valence-corrected chi connectivity index (χ2v) is 3.74. The number of hydrazine groups is 1. The number of nitrogens with one attached hydrogen (secondary N) is 1. The van der Waals surface area contributed by atoms with Crippen LogP contribution in [0, 0.1) is 6.92 Å². The van der Waals surface area contributed by atoms with Gasteiger partial charge in [0.15, 0.2) is 0 Å². The summed E-state index contributed by atoms with van der Waals surface area (Å²) >= 11 is 0. The van der Waals surface area contributed by atoms with Gasteiger partial charge < -0.3 is 4.74 Å². The monoisotopic (exact) mass is 248 g/mol. The second kappa shape index (κ2) is 5.48. The molecule has 1 atom stereocenters. The van der Waals surface area contributed by atoms with Crippen molar-refractivity contribution in [2.45, 2.75) is 19.1 Å². The Kier molecular flexibility index (Phi) is 4.50. The molecule has 1 aromatic rings. The van der Waals surface area contributed by atoms with E-state index in [2.05, 4.69) is 5.43 Å². The van der Waals surface area contributed by atoms with Crippen molar-refractivity contribution >= 4 is 0 Å². The van der Waals surface area contributed by atoms with Gasteiger partial charge in [-0.05, 0) is 30.2 Å². The van der Waals surface area contributed by atoms with E-state index in [0.717, 1.165) is 12.1 Å². The summed E-state index contributed by atoms with van der Waals surface area (Å²) < 4.78 is 42.3. The van der Waals surface area contributed by atoms with E-state index in [1.807, 2.05) is 0 Å². The average molecular weight is 248 g/mol. The van der Waals surface area contributed by atoms with Crippen LogP contribution in [-0.2, 0) is 10.9 Å². The fraction of sp³-hybridized carbons (Fsp3) is 0.455. The molecule has 3 nitrogen and oxygen atoms in total. The maximum absolute atomic E-state index is 12.5. The molecule has 1 unspecified atom stereocenters. The summed E-state index contributed by atoms with van der Waals surface area (Å²) in [6.07, 6.45) is -4.32. The normalized spacial score (nSPS) is 13.8. The number of methoxy groups -OCH3 is 1. The topological polar surface area (TPSA) is 47.3 Å². The van der Waals surface area contributed by atoms with Crippen LogP contribution in [0.2, 0.25) is 0 Å². The molecule has 0 saturated heterocycles.